The van der Waals surface area contributed by atoms with E-state index in [0.717, 1.165) is 16.8 Å². The summed E-state index contributed by atoms with van der Waals surface area (Å²) in [6, 6.07) is 9.56. The largest absolute Gasteiger partial charge is 0.306 e. The number of para-hydroxylation sites is 1. The summed E-state index contributed by atoms with van der Waals surface area (Å²) in [6.45, 7) is 3.85. The minimum atomic E-state index is -0.160. The summed E-state index contributed by atoms with van der Waals surface area (Å²) in [5, 5.41) is 9.84. The van der Waals surface area contributed by atoms with Gasteiger partial charge in [-0.2, -0.15) is 5.26 Å². The van der Waals surface area contributed by atoms with E-state index < -0.39 is 0 Å². The SMILES string of the molecule is Cc1c(C#N)c2[nH]c(=O)c3ccccc3n2c1C. The van der Waals surface area contributed by atoms with Crippen molar-refractivity contribution in [3.05, 3.63) is 51.4 Å². The summed E-state index contributed by atoms with van der Waals surface area (Å²) in [7, 11) is 0. The Labute approximate surface area is 103 Å². The van der Waals surface area contributed by atoms with Gasteiger partial charge in [0.25, 0.3) is 5.56 Å². The predicted molar refractivity (Wildman–Crippen MR) is 69.7 cm³/mol. The highest BCUT2D eigenvalue weighted by molar-refractivity contribution is 5.83. The summed E-state index contributed by atoms with van der Waals surface area (Å²) in [6.07, 6.45) is 0. The standard InChI is InChI=1S/C14H11N3O/c1-8-9(2)17-12-6-4-3-5-10(12)14(18)16-13(17)11(8)7-15/h3-6H,1-2H3,(H,16,18). The molecule has 18 heavy (non-hydrogen) atoms. The number of hydrogen-bond acceptors (Lipinski definition) is 2. The number of hydrogen-bond donors (Lipinski definition) is 1. The third kappa shape index (κ3) is 1.16. The molecule has 0 radical (unpaired) electrons. The summed E-state index contributed by atoms with van der Waals surface area (Å²) >= 11 is 0. The number of benzene rings is 1. The van der Waals surface area contributed by atoms with Gasteiger partial charge in [0.15, 0.2) is 0 Å². The van der Waals surface area contributed by atoms with Crippen LogP contribution >= 0.6 is 0 Å². The maximum Gasteiger partial charge on any atom is 0.258 e. The lowest BCUT2D eigenvalue weighted by Gasteiger charge is -2.04. The smallest absolute Gasteiger partial charge is 0.258 e. The Kier molecular flexibility index (Phi) is 2.05. The quantitative estimate of drug-likeness (QED) is 0.652. The lowest BCUT2D eigenvalue weighted by molar-refractivity contribution is 1.10. The number of H-pyrrole nitrogens is 1. The van der Waals surface area contributed by atoms with E-state index in [1.807, 2.05) is 36.4 Å². The van der Waals surface area contributed by atoms with E-state index in [1.165, 1.54) is 0 Å². The van der Waals surface area contributed by atoms with Crippen molar-refractivity contribution in [1.29, 1.82) is 5.26 Å². The maximum absolute atomic E-state index is 12.0. The van der Waals surface area contributed by atoms with E-state index in [4.69, 9.17) is 0 Å². The second-order valence-corrected chi connectivity index (χ2v) is 4.35. The van der Waals surface area contributed by atoms with Crippen LogP contribution in [0.15, 0.2) is 29.1 Å². The zero-order valence-electron chi connectivity index (χ0n) is 10.1. The number of nitrogens with one attached hydrogen (secondary N) is 1. The van der Waals surface area contributed by atoms with Crippen LogP contribution in [0, 0.1) is 25.2 Å². The fraction of sp³-hybridized carbons (Fsp3) is 0.143. The van der Waals surface area contributed by atoms with Crippen molar-refractivity contribution in [3.8, 4) is 6.07 Å². The average Bonchev–Trinajstić information content (AvgIpc) is 2.62. The molecule has 3 aromatic rings. The third-order valence-corrected chi connectivity index (χ3v) is 3.45. The first kappa shape index (κ1) is 10.6. The molecular weight excluding hydrogens is 226 g/mol. The second-order valence-electron chi connectivity index (χ2n) is 4.35. The van der Waals surface area contributed by atoms with Crippen LogP contribution in [0.1, 0.15) is 16.8 Å². The molecule has 0 fully saturated rings. The van der Waals surface area contributed by atoms with Crippen LogP contribution < -0.4 is 5.56 Å². The highest BCUT2D eigenvalue weighted by Gasteiger charge is 2.15. The zero-order chi connectivity index (χ0) is 12.9. The molecule has 0 bridgehead atoms. The monoisotopic (exact) mass is 237 g/mol. The molecule has 0 aliphatic carbocycles. The van der Waals surface area contributed by atoms with Crippen molar-refractivity contribution in [2.45, 2.75) is 13.8 Å². The molecule has 4 nitrogen and oxygen atoms in total. The molecule has 0 aliphatic heterocycles. The van der Waals surface area contributed by atoms with Gasteiger partial charge in [-0.1, -0.05) is 12.1 Å². The van der Waals surface area contributed by atoms with Gasteiger partial charge in [0.2, 0.25) is 0 Å². The van der Waals surface area contributed by atoms with Crippen molar-refractivity contribution in [2.24, 2.45) is 0 Å². The van der Waals surface area contributed by atoms with Gasteiger partial charge in [0.1, 0.15) is 11.7 Å². The summed E-state index contributed by atoms with van der Waals surface area (Å²) in [5.74, 6) is 0. The van der Waals surface area contributed by atoms with Crippen molar-refractivity contribution in [2.75, 3.05) is 0 Å². The number of fused-ring (bicyclic) bond motifs is 3. The molecule has 1 N–H and O–H groups in total. The summed E-state index contributed by atoms with van der Waals surface area (Å²) in [4.78, 5) is 14.8. The summed E-state index contributed by atoms with van der Waals surface area (Å²) in [5.41, 5.74) is 3.68. The summed E-state index contributed by atoms with van der Waals surface area (Å²) < 4.78 is 1.94. The van der Waals surface area contributed by atoms with Gasteiger partial charge in [-0.05, 0) is 31.5 Å². The number of nitrogens with zero attached hydrogens (tertiary/aromatic N) is 2. The molecule has 3 rings (SSSR count). The molecule has 2 aromatic heterocycles. The lowest BCUT2D eigenvalue weighted by atomic mass is 10.2. The van der Waals surface area contributed by atoms with Gasteiger partial charge in [-0.25, -0.2) is 0 Å². The Hall–Kier alpha value is -2.54. The molecule has 0 unspecified atom stereocenters. The maximum atomic E-state index is 12.0. The van der Waals surface area contributed by atoms with Crippen LogP contribution in [0.4, 0.5) is 0 Å². The van der Waals surface area contributed by atoms with Crippen molar-refractivity contribution >= 4 is 16.6 Å². The number of aryl methyl sites for hydroxylation is 1. The van der Waals surface area contributed by atoms with Gasteiger partial charge >= 0.3 is 0 Å². The number of nitriles is 1. The Morgan fingerprint density at radius 2 is 2.00 bits per heavy atom. The highest BCUT2D eigenvalue weighted by atomic mass is 16.1. The van der Waals surface area contributed by atoms with E-state index in [9.17, 15) is 10.1 Å². The Morgan fingerprint density at radius 1 is 1.28 bits per heavy atom. The Balaban J connectivity index is 2.74. The van der Waals surface area contributed by atoms with E-state index in [-0.39, 0.29) is 5.56 Å². The first-order chi connectivity index (χ1) is 8.65. The molecule has 0 amide bonds. The van der Waals surface area contributed by atoms with Gasteiger partial charge in [0, 0.05) is 5.69 Å². The predicted octanol–water partition coefficient (Wildman–Crippen LogP) is 2.27. The Morgan fingerprint density at radius 3 is 2.72 bits per heavy atom. The van der Waals surface area contributed by atoms with Gasteiger partial charge in [0.05, 0.1) is 16.5 Å². The van der Waals surface area contributed by atoms with E-state index in [1.54, 1.807) is 6.07 Å². The molecule has 0 saturated carbocycles. The minimum absolute atomic E-state index is 0.160. The first-order valence-corrected chi connectivity index (χ1v) is 5.68. The molecule has 88 valence electrons. The van der Waals surface area contributed by atoms with E-state index >= 15 is 0 Å². The zero-order valence-corrected chi connectivity index (χ0v) is 10.1. The number of aromatic nitrogens is 2. The third-order valence-electron chi connectivity index (χ3n) is 3.45. The van der Waals surface area contributed by atoms with Crippen LogP contribution in [0.5, 0.6) is 0 Å². The van der Waals surface area contributed by atoms with E-state index in [0.29, 0.717) is 16.6 Å². The number of aromatic amines is 1. The van der Waals surface area contributed by atoms with Crippen molar-refractivity contribution in [3.63, 3.8) is 0 Å². The molecule has 0 aliphatic rings. The fourth-order valence-corrected chi connectivity index (χ4v) is 2.40. The second kappa shape index (κ2) is 3.47. The van der Waals surface area contributed by atoms with Crippen LogP contribution in [-0.2, 0) is 0 Å². The molecular formula is C14H11N3O. The first-order valence-electron chi connectivity index (χ1n) is 5.68. The van der Waals surface area contributed by atoms with Crippen molar-refractivity contribution in [1.82, 2.24) is 9.38 Å². The molecule has 2 heterocycles. The van der Waals surface area contributed by atoms with Crippen LogP contribution in [0.3, 0.4) is 0 Å². The average molecular weight is 237 g/mol. The van der Waals surface area contributed by atoms with Gasteiger partial charge in [-0.3, -0.25) is 9.20 Å². The minimum Gasteiger partial charge on any atom is -0.306 e. The normalized spacial score (nSPS) is 10.9. The van der Waals surface area contributed by atoms with Crippen LogP contribution in [0.25, 0.3) is 16.6 Å². The van der Waals surface area contributed by atoms with E-state index in [2.05, 4.69) is 11.1 Å². The lowest BCUT2D eigenvalue weighted by Crippen LogP contribution is -2.10. The molecule has 0 atom stereocenters. The molecule has 0 spiro atoms. The fourth-order valence-electron chi connectivity index (χ4n) is 2.40. The van der Waals surface area contributed by atoms with Gasteiger partial charge < -0.3 is 4.98 Å². The van der Waals surface area contributed by atoms with Crippen LogP contribution in [0.2, 0.25) is 0 Å². The molecule has 1 aromatic carbocycles. The highest BCUT2D eigenvalue weighted by Crippen LogP contribution is 2.23. The van der Waals surface area contributed by atoms with Gasteiger partial charge in [-0.15, -0.1) is 0 Å². The molecule has 4 heteroatoms. The van der Waals surface area contributed by atoms with Crippen LogP contribution in [-0.4, -0.2) is 9.38 Å². The Bertz CT molecular complexity index is 878. The topological polar surface area (TPSA) is 61.1 Å². The molecule has 0 saturated heterocycles. The van der Waals surface area contributed by atoms with Crippen molar-refractivity contribution < 1.29 is 0 Å². The number of rotatable bonds is 0.